The van der Waals surface area contributed by atoms with E-state index in [2.05, 4.69) is 48.5 Å². The Morgan fingerprint density at radius 1 is 0.514 bits per heavy atom. The second-order valence-corrected chi connectivity index (χ2v) is 8.92. The maximum atomic E-state index is 10.2. The van der Waals surface area contributed by atoms with Crippen LogP contribution in [-0.2, 0) is 5.41 Å². The van der Waals surface area contributed by atoms with E-state index in [9.17, 15) is 5.11 Å². The van der Waals surface area contributed by atoms with Crippen LogP contribution >= 0.6 is 0 Å². The van der Waals surface area contributed by atoms with E-state index < -0.39 is 11.5 Å². The highest BCUT2D eigenvalue weighted by Gasteiger charge is 2.38. The highest BCUT2D eigenvalue weighted by Crippen LogP contribution is 2.46. The minimum atomic E-state index is -0.628. The van der Waals surface area contributed by atoms with E-state index in [1.54, 1.807) is 6.92 Å². The molecular formula is C33H36O4. The van der Waals surface area contributed by atoms with Crippen molar-refractivity contribution in [2.45, 2.75) is 39.2 Å². The number of aliphatic hydroxyl groups is 1. The van der Waals surface area contributed by atoms with Gasteiger partial charge >= 0.3 is 0 Å². The predicted octanol–water partition coefficient (Wildman–Crippen LogP) is 7.32. The lowest BCUT2D eigenvalue weighted by atomic mass is 9.65. The Bertz CT molecular complexity index is 1120. The molecule has 4 aromatic rings. The van der Waals surface area contributed by atoms with Crippen LogP contribution in [0.2, 0.25) is 0 Å². The van der Waals surface area contributed by atoms with Crippen LogP contribution in [-0.4, -0.2) is 24.9 Å². The summed E-state index contributed by atoms with van der Waals surface area (Å²) in [6.45, 7) is 9.59. The highest BCUT2D eigenvalue weighted by atomic mass is 16.5. The zero-order valence-corrected chi connectivity index (χ0v) is 22.1. The summed E-state index contributed by atoms with van der Waals surface area (Å²) >= 11 is 0. The summed E-state index contributed by atoms with van der Waals surface area (Å²) in [7, 11) is 0. The van der Waals surface area contributed by atoms with Crippen LogP contribution in [0.15, 0.2) is 97.1 Å². The average Bonchev–Trinajstić information content (AvgIpc) is 2.92. The molecule has 0 radical (unpaired) electrons. The van der Waals surface area contributed by atoms with Crippen molar-refractivity contribution >= 4 is 0 Å². The van der Waals surface area contributed by atoms with Crippen LogP contribution in [0.4, 0.5) is 0 Å². The molecule has 0 aliphatic carbocycles. The summed E-state index contributed by atoms with van der Waals surface area (Å²) in [4.78, 5) is 0. The molecule has 0 aromatic heterocycles. The lowest BCUT2D eigenvalue weighted by Crippen LogP contribution is -2.31. The van der Waals surface area contributed by atoms with Gasteiger partial charge in [0.25, 0.3) is 0 Å². The van der Waals surface area contributed by atoms with Gasteiger partial charge in [-0.1, -0.05) is 60.7 Å². The van der Waals surface area contributed by atoms with E-state index in [4.69, 9.17) is 14.2 Å². The van der Waals surface area contributed by atoms with E-state index in [-0.39, 0.29) is 0 Å². The summed E-state index contributed by atoms with van der Waals surface area (Å²) in [5.41, 5.74) is 4.66. The molecule has 0 saturated carbocycles. The standard InChI is InChI=1S/C33H36O4/c1-5-35-30-18-12-27(13-19-30)33(26-10-8-25(9-11-26)24(4)34,28-14-20-31(21-15-28)36-6-2)29-16-22-32(23-17-29)37-7-3/h8-24,34H,5-7H2,1-4H3. The molecule has 0 aliphatic heterocycles. The highest BCUT2D eigenvalue weighted by molar-refractivity contribution is 5.61. The van der Waals surface area contributed by atoms with Crippen molar-refractivity contribution in [2.24, 2.45) is 0 Å². The summed E-state index contributed by atoms with van der Waals surface area (Å²) in [5.74, 6) is 2.51. The number of hydrogen-bond acceptors (Lipinski definition) is 4. The molecule has 0 heterocycles. The Labute approximate surface area is 220 Å². The van der Waals surface area contributed by atoms with Gasteiger partial charge in [-0.2, -0.15) is 0 Å². The lowest BCUT2D eigenvalue weighted by molar-refractivity contribution is 0.199. The van der Waals surface area contributed by atoms with Crippen LogP contribution in [0.1, 0.15) is 61.6 Å². The first kappa shape index (κ1) is 26.3. The molecule has 37 heavy (non-hydrogen) atoms. The van der Waals surface area contributed by atoms with Crippen LogP contribution in [0, 0.1) is 0 Å². The van der Waals surface area contributed by atoms with Gasteiger partial charge in [0.15, 0.2) is 0 Å². The summed E-state index contributed by atoms with van der Waals surface area (Å²) in [6, 6.07) is 33.3. The molecule has 0 saturated heterocycles. The second-order valence-electron chi connectivity index (χ2n) is 8.92. The van der Waals surface area contributed by atoms with Crippen molar-refractivity contribution in [1.29, 1.82) is 0 Å². The molecule has 4 rings (SSSR count). The summed E-state index contributed by atoms with van der Waals surface area (Å²) in [5, 5.41) is 10.2. The average molecular weight is 497 g/mol. The van der Waals surface area contributed by atoms with Gasteiger partial charge in [0.05, 0.1) is 31.3 Å². The molecule has 0 spiro atoms. The van der Waals surface area contributed by atoms with Crippen LogP contribution < -0.4 is 14.2 Å². The third kappa shape index (κ3) is 5.50. The fourth-order valence-electron chi connectivity index (χ4n) is 4.92. The molecule has 0 bridgehead atoms. The number of rotatable bonds is 11. The van der Waals surface area contributed by atoms with E-state index in [0.29, 0.717) is 19.8 Å². The molecule has 0 amide bonds. The third-order valence-electron chi connectivity index (χ3n) is 6.62. The van der Waals surface area contributed by atoms with Crippen LogP contribution in [0.25, 0.3) is 0 Å². The molecular weight excluding hydrogens is 460 g/mol. The third-order valence-corrected chi connectivity index (χ3v) is 6.62. The zero-order valence-electron chi connectivity index (χ0n) is 22.1. The number of hydrogen-bond donors (Lipinski definition) is 1. The van der Waals surface area contributed by atoms with E-state index in [0.717, 1.165) is 45.1 Å². The van der Waals surface area contributed by atoms with Gasteiger partial charge in [-0.15, -0.1) is 0 Å². The minimum absolute atomic E-state index is 0.537. The monoisotopic (exact) mass is 496 g/mol. The Morgan fingerprint density at radius 2 is 0.784 bits per heavy atom. The lowest BCUT2D eigenvalue weighted by Gasteiger charge is -2.37. The SMILES string of the molecule is CCOc1ccc(C(c2ccc(OCC)cc2)(c2ccc(OCC)cc2)c2ccc(C(C)O)cc2)cc1. The van der Waals surface area contributed by atoms with Crippen molar-refractivity contribution in [3.05, 3.63) is 125 Å². The molecule has 4 aromatic carbocycles. The summed E-state index contributed by atoms with van der Waals surface area (Å²) < 4.78 is 17.3. The number of benzene rings is 4. The number of ether oxygens (including phenoxy) is 3. The van der Waals surface area contributed by atoms with Gasteiger partial charge in [0, 0.05) is 0 Å². The summed E-state index contributed by atoms with van der Waals surface area (Å²) in [6.07, 6.45) is -0.537. The minimum Gasteiger partial charge on any atom is -0.494 e. The van der Waals surface area contributed by atoms with E-state index in [1.807, 2.05) is 69.3 Å². The Morgan fingerprint density at radius 3 is 1.03 bits per heavy atom. The maximum absolute atomic E-state index is 10.2. The van der Waals surface area contributed by atoms with Gasteiger partial charge < -0.3 is 19.3 Å². The topological polar surface area (TPSA) is 47.9 Å². The van der Waals surface area contributed by atoms with Crippen molar-refractivity contribution < 1.29 is 19.3 Å². The molecule has 1 atom stereocenters. The predicted molar refractivity (Wildman–Crippen MR) is 149 cm³/mol. The Kier molecular flexibility index (Phi) is 8.52. The van der Waals surface area contributed by atoms with Crippen molar-refractivity contribution in [2.75, 3.05) is 19.8 Å². The zero-order chi connectivity index (χ0) is 26.3. The van der Waals surface area contributed by atoms with Gasteiger partial charge in [0.1, 0.15) is 17.2 Å². The molecule has 4 nitrogen and oxygen atoms in total. The molecule has 0 aliphatic rings. The van der Waals surface area contributed by atoms with E-state index >= 15 is 0 Å². The molecule has 192 valence electrons. The maximum Gasteiger partial charge on any atom is 0.119 e. The Balaban J connectivity index is 2.00. The molecule has 4 heteroatoms. The van der Waals surface area contributed by atoms with Crippen LogP contribution in [0.5, 0.6) is 17.2 Å². The van der Waals surface area contributed by atoms with Crippen molar-refractivity contribution in [3.63, 3.8) is 0 Å². The van der Waals surface area contributed by atoms with Crippen molar-refractivity contribution in [1.82, 2.24) is 0 Å². The first-order valence-electron chi connectivity index (χ1n) is 13.0. The van der Waals surface area contributed by atoms with Gasteiger partial charge in [-0.05, 0) is 91.9 Å². The van der Waals surface area contributed by atoms with Gasteiger partial charge in [0.2, 0.25) is 0 Å². The first-order valence-corrected chi connectivity index (χ1v) is 13.0. The van der Waals surface area contributed by atoms with Gasteiger partial charge in [-0.25, -0.2) is 0 Å². The van der Waals surface area contributed by atoms with E-state index in [1.165, 1.54) is 0 Å². The smallest absolute Gasteiger partial charge is 0.119 e. The molecule has 1 unspecified atom stereocenters. The largest absolute Gasteiger partial charge is 0.494 e. The molecule has 0 fully saturated rings. The molecule has 1 N–H and O–H groups in total. The van der Waals surface area contributed by atoms with Crippen LogP contribution in [0.3, 0.4) is 0 Å². The van der Waals surface area contributed by atoms with Gasteiger partial charge in [-0.3, -0.25) is 0 Å². The second kappa shape index (κ2) is 12.0. The first-order chi connectivity index (χ1) is 18.0. The number of aliphatic hydroxyl groups excluding tert-OH is 1. The van der Waals surface area contributed by atoms with Crippen molar-refractivity contribution in [3.8, 4) is 17.2 Å². The fourth-order valence-corrected chi connectivity index (χ4v) is 4.92. The normalized spacial score (nSPS) is 12.1. The quantitative estimate of drug-likeness (QED) is 0.221. The Hall–Kier alpha value is -3.76. The fraction of sp³-hybridized carbons (Fsp3) is 0.273.